The van der Waals surface area contributed by atoms with E-state index < -0.39 is 0 Å². The van der Waals surface area contributed by atoms with E-state index in [1.807, 2.05) is 11.7 Å². The number of nitrogens with zero attached hydrogens (tertiary/aromatic N) is 3. The number of rotatable bonds is 5. The number of likely N-dealkylation sites (N-methyl/N-ethyl adjacent to an activating group) is 1. The Kier molecular flexibility index (Phi) is 4.99. The zero-order valence-electron chi connectivity index (χ0n) is 12.6. The molecule has 0 radical (unpaired) electrons. The van der Waals surface area contributed by atoms with Gasteiger partial charge in [0.1, 0.15) is 0 Å². The quantitative estimate of drug-likeness (QED) is 0.888. The minimum Gasteiger partial charge on any atom is -0.329 e. The van der Waals surface area contributed by atoms with Crippen LogP contribution in [0.1, 0.15) is 56.3 Å². The van der Waals surface area contributed by atoms with Crippen LogP contribution in [0, 0.1) is 6.92 Å². The molecule has 4 nitrogen and oxygen atoms in total. The fraction of sp³-hybridized carbons (Fsp3) is 0.800. The molecule has 2 N–H and O–H groups in total. The van der Waals surface area contributed by atoms with Crippen molar-refractivity contribution in [2.75, 3.05) is 13.1 Å². The Bertz CT molecular complexity index is 393. The molecular formula is C15H28N4. The Morgan fingerprint density at radius 1 is 1.42 bits per heavy atom. The lowest BCUT2D eigenvalue weighted by Crippen LogP contribution is -2.42. The summed E-state index contributed by atoms with van der Waals surface area (Å²) in [6.07, 6.45) is 8.91. The van der Waals surface area contributed by atoms with E-state index in [-0.39, 0.29) is 0 Å². The van der Waals surface area contributed by atoms with Crippen LogP contribution in [0.3, 0.4) is 0 Å². The predicted octanol–water partition coefficient (Wildman–Crippen LogP) is 2.38. The lowest BCUT2D eigenvalue weighted by atomic mass is 9.92. The second-order valence-corrected chi connectivity index (χ2v) is 5.72. The standard InChI is InChI=1S/C15H28N4/c1-4-19(13-8-6-5-7-9-13)15(10-16)14-11-18(3)17-12(14)2/h11,13,15H,4-10,16H2,1-3H3. The zero-order valence-corrected chi connectivity index (χ0v) is 12.6. The molecule has 0 amide bonds. The average molecular weight is 264 g/mol. The van der Waals surface area contributed by atoms with Gasteiger partial charge < -0.3 is 5.73 Å². The number of aryl methyl sites for hydroxylation is 2. The van der Waals surface area contributed by atoms with Gasteiger partial charge in [0.05, 0.1) is 11.7 Å². The molecule has 2 rings (SSSR count). The highest BCUT2D eigenvalue weighted by molar-refractivity contribution is 5.21. The van der Waals surface area contributed by atoms with E-state index in [0.29, 0.717) is 18.6 Å². The van der Waals surface area contributed by atoms with Crippen molar-refractivity contribution in [1.29, 1.82) is 0 Å². The summed E-state index contributed by atoms with van der Waals surface area (Å²) in [5, 5.41) is 4.48. The second kappa shape index (κ2) is 6.53. The van der Waals surface area contributed by atoms with Gasteiger partial charge in [-0.05, 0) is 26.3 Å². The fourth-order valence-electron chi connectivity index (χ4n) is 3.53. The first-order valence-electron chi connectivity index (χ1n) is 7.63. The molecule has 1 saturated carbocycles. The van der Waals surface area contributed by atoms with Crippen LogP contribution >= 0.6 is 0 Å². The monoisotopic (exact) mass is 264 g/mol. The highest BCUT2D eigenvalue weighted by Crippen LogP contribution is 2.30. The van der Waals surface area contributed by atoms with Gasteiger partial charge in [-0.25, -0.2) is 0 Å². The maximum absolute atomic E-state index is 6.09. The summed E-state index contributed by atoms with van der Waals surface area (Å²) < 4.78 is 1.90. The second-order valence-electron chi connectivity index (χ2n) is 5.72. The fourth-order valence-corrected chi connectivity index (χ4v) is 3.53. The van der Waals surface area contributed by atoms with Crippen molar-refractivity contribution in [2.24, 2.45) is 12.8 Å². The summed E-state index contributed by atoms with van der Waals surface area (Å²) in [5.74, 6) is 0. The number of hydrogen-bond acceptors (Lipinski definition) is 3. The van der Waals surface area contributed by atoms with Crippen LogP contribution in [0.2, 0.25) is 0 Å². The molecule has 1 atom stereocenters. The predicted molar refractivity (Wildman–Crippen MR) is 79.0 cm³/mol. The third-order valence-corrected chi connectivity index (χ3v) is 4.44. The van der Waals surface area contributed by atoms with Crippen molar-refractivity contribution in [2.45, 2.75) is 58.0 Å². The third kappa shape index (κ3) is 3.18. The number of nitrogens with two attached hydrogens (primary N) is 1. The minimum absolute atomic E-state index is 0.321. The Balaban J connectivity index is 2.20. The van der Waals surface area contributed by atoms with Gasteiger partial charge in [0.2, 0.25) is 0 Å². The van der Waals surface area contributed by atoms with Gasteiger partial charge in [-0.3, -0.25) is 9.58 Å². The number of hydrogen-bond donors (Lipinski definition) is 1. The smallest absolute Gasteiger partial charge is 0.0641 e. The molecule has 108 valence electrons. The molecule has 0 aromatic carbocycles. The lowest BCUT2D eigenvalue weighted by molar-refractivity contribution is 0.113. The van der Waals surface area contributed by atoms with Gasteiger partial charge in [0.25, 0.3) is 0 Å². The van der Waals surface area contributed by atoms with Crippen LogP contribution in [0.4, 0.5) is 0 Å². The highest BCUT2D eigenvalue weighted by atomic mass is 15.3. The Morgan fingerprint density at radius 2 is 2.11 bits per heavy atom. The third-order valence-electron chi connectivity index (χ3n) is 4.44. The van der Waals surface area contributed by atoms with Gasteiger partial charge in [0, 0.05) is 31.4 Å². The summed E-state index contributed by atoms with van der Waals surface area (Å²) in [6, 6.07) is 1.02. The van der Waals surface area contributed by atoms with E-state index in [1.165, 1.54) is 37.7 Å². The van der Waals surface area contributed by atoms with Gasteiger partial charge in [-0.2, -0.15) is 5.10 Å². The first-order valence-corrected chi connectivity index (χ1v) is 7.63. The first kappa shape index (κ1) is 14.5. The van der Waals surface area contributed by atoms with Gasteiger partial charge in [-0.1, -0.05) is 26.2 Å². The topological polar surface area (TPSA) is 47.1 Å². The van der Waals surface area contributed by atoms with Gasteiger partial charge >= 0.3 is 0 Å². The molecule has 4 heteroatoms. The van der Waals surface area contributed by atoms with Crippen molar-refractivity contribution < 1.29 is 0 Å². The maximum Gasteiger partial charge on any atom is 0.0641 e. The largest absolute Gasteiger partial charge is 0.329 e. The molecule has 0 saturated heterocycles. The normalized spacial score (nSPS) is 19.0. The average Bonchev–Trinajstić information content (AvgIpc) is 2.75. The van der Waals surface area contributed by atoms with Crippen LogP contribution in [0.25, 0.3) is 0 Å². The summed E-state index contributed by atoms with van der Waals surface area (Å²) in [5.41, 5.74) is 8.51. The van der Waals surface area contributed by atoms with Crippen LogP contribution in [-0.2, 0) is 7.05 Å². The van der Waals surface area contributed by atoms with Gasteiger partial charge in [0.15, 0.2) is 0 Å². The van der Waals surface area contributed by atoms with E-state index in [9.17, 15) is 0 Å². The first-order chi connectivity index (χ1) is 9.17. The van der Waals surface area contributed by atoms with Crippen LogP contribution in [-0.4, -0.2) is 33.8 Å². The Labute approximate surface area is 117 Å². The molecule has 1 aromatic heterocycles. The SMILES string of the molecule is CCN(C1CCCCC1)C(CN)c1cn(C)nc1C. The van der Waals surface area contributed by atoms with Crippen LogP contribution in [0.5, 0.6) is 0 Å². The summed E-state index contributed by atoms with van der Waals surface area (Å²) >= 11 is 0. The van der Waals surface area contributed by atoms with Crippen molar-refractivity contribution in [3.63, 3.8) is 0 Å². The zero-order chi connectivity index (χ0) is 13.8. The minimum atomic E-state index is 0.321. The van der Waals surface area contributed by atoms with E-state index in [1.54, 1.807) is 0 Å². The summed E-state index contributed by atoms with van der Waals surface area (Å²) in [4.78, 5) is 2.60. The highest BCUT2D eigenvalue weighted by Gasteiger charge is 2.28. The molecule has 0 spiro atoms. The van der Waals surface area contributed by atoms with Crippen LogP contribution in [0.15, 0.2) is 6.20 Å². The van der Waals surface area contributed by atoms with Crippen molar-refractivity contribution >= 4 is 0 Å². The Morgan fingerprint density at radius 3 is 2.58 bits per heavy atom. The lowest BCUT2D eigenvalue weighted by Gasteiger charge is -2.39. The molecule has 1 heterocycles. The molecular weight excluding hydrogens is 236 g/mol. The molecule has 1 aliphatic carbocycles. The molecule has 1 aromatic rings. The van der Waals surface area contributed by atoms with E-state index in [4.69, 9.17) is 5.73 Å². The van der Waals surface area contributed by atoms with Gasteiger partial charge in [-0.15, -0.1) is 0 Å². The van der Waals surface area contributed by atoms with Crippen molar-refractivity contribution in [3.8, 4) is 0 Å². The maximum atomic E-state index is 6.09. The Hall–Kier alpha value is -0.870. The summed E-state index contributed by atoms with van der Waals surface area (Å²) in [7, 11) is 1.99. The molecule has 0 bridgehead atoms. The molecule has 1 unspecified atom stereocenters. The number of aromatic nitrogens is 2. The molecule has 19 heavy (non-hydrogen) atoms. The molecule has 1 fully saturated rings. The van der Waals surface area contributed by atoms with E-state index in [0.717, 1.165) is 12.2 Å². The van der Waals surface area contributed by atoms with E-state index >= 15 is 0 Å². The van der Waals surface area contributed by atoms with Crippen molar-refractivity contribution in [1.82, 2.24) is 14.7 Å². The van der Waals surface area contributed by atoms with Crippen molar-refractivity contribution in [3.05, 3.63) is 17.5 Å². The molecule has 0 aliphatic heterocycles. The summed E-state index contributed by atoms with van der Waals surface area (Å²) in [6.45, 7) is 6.09. The molecule has 1 aliphatic rings. The van der Waals surface area contributed by atoms with E-state index in [2.05, 4.69) is 30.0 Å². The van der Waals surface area contributed by atoms with Crippen LogP contribution < -0.4 is 5.73 Å².